The third kappa shape index (κ3) is 11.1. The number of ether oxygens (including phenoxy) is 5. The molecule has 0 radical (unpaired) electrons. The van der Waals surface area contributed by atoms with Crippen LogP contribution in [0.25, 0.3) is 0 Å². The third-order valence-corrected chi connectivity index (χ3v) is 13.1. The van der Waals surface area contributed by atoms with E-state index < -0.39 is 5.60 Å². The van der Waals surface area contributed by atoms with E-state index in [1.165, 1.54) is 24.0 Å². The predicted molar refractivity (Wildman–Crippen MR) is 235 cm³/mol. The minimum Gasteiger partial charge on any atom is -0.484 e. The molecule has 4 aliphatic heterocycles. The molecule has 3 N–H and O–H groups in total. The number of amides is 1. The van der Waals surface area contributed by atoms with Gasteiger partial charge in [-0.2, -0.15) is 0 Å². The van der Waals surface area contributed by atoms with Crippen LogP contribution >= 0.6 is 0 Å². The molecule has 0 aliphatic carbocycles. The summed E-state index contributed by atoms with van der Waals surface area (Å²) in [5.41, 5.74) is 10.6. The molecule has 2 aromatic heterocycles. The molecule has 2 fully saturated rings. The van der Waals surface area contributed by atoms with Crippen molar-refractivity contribution in [1.82, 2.24) is 25.1 Å². The van der Waals surface area contributed by atoms with Gasteiger partial charge in [0.2, 0.25) is 0 Å². The van der Waals surface area contributed by atoms with Gasteiger partial charge in [0, 0.05) is 31.2 Å². The molecule has 0 bridgehead atoms. The first-order chi connectivity index (χ1) is 29.5. The Morgan fingerprint density at radius 3 is 1.89 bits per heavy atom. The van der Waals surface area contributed by atoms with Crippen LogP contribution in [0.4, 0.5) is 4.79 Å². The average molecular weight is 833 g/mol. The Morgan fingerprint density at radius 2 is 1.30 bits per heavy atom. The van der Waals surface area contributed by atoms with Gasteiger partial charge >= 0.3 is 6.09 Å². The number of fused-ring (bicyclic) bond motifs is 2. The van der Waals surface area contributed by atoms with Crippen molar-refractivity contribution < 1.29 is 28.5 Å². The van der Waals surface area contributed by atoms with Gasteiger partial charge in [-0.25, -0.2) is 14.8 Å². The highest BCUT2D eigenvalue weighted by molar-refractivity contribution is 5.67. The van der Waals surface area contributed by atoms with Gasteiger partial charge < -0.3 is 34.7 Å². The lowest BCUT2D eigenvalue weighted by Crippen LogP contribution is -2.41. The fourth-order valence-electron chi connectivity index (χ4n) is 8.80. The quantitative estimate of drug-likeness (QED) is 0.128. The zero-order valence-corrected chi connectivity index (χ0v) is 36.4. The fourth-order valence-corrected chi connectivity index (χ4v) is 8.80. The van der Waals surface area contributed by atoms with Crippen molar-refractivity contribution in [3.05, 3.63) is 107 Å². The minimum atomic E-state index is -0.649. The van der Waals surface area contributed by atoms with Crippen LogP contribution in [-0.4, -0.2) is 83.9 Å². The Hall–Kier alpha value is -4.91. The number of pyridine rings is 2. The van der Waals surface area contributed by atoms with Crippen molar-refractivity contribution >= 4 is 6.09 Å². The van der Waals surface area contributed by atoms with Crippen LogP contribution in [0, 0.1) is 11.8 Å². The third-order valence-electron chi connectivity index (χ3n) is 13.1. The second kappa shape index (κ2) is 19.0. The summed E-state index contributed by atoms with van der Waals surface area (Å²) >= 11 is 0. The molecule has 1 amide bonds. The number of benzene rings is 2. The van der Waals surface area contributed by atoms with Crippen molar-refractivity contribution in [3.8, 4) is 23.3 Å². The van der Waals surface area contributed by atoms with Gasteiger partial charge in [0.25, 0.3) is 11.8 Å². The zero-order valence-electron chi connectivity index (χ0n) is 36.4. The first-order valence-corrected chi connectivity index (χ1v) is 22.3. The number of piperidine rings is 2. The van der Waals surface area contributed by atoms with E-state index in [1.807, 2.05) is 38.1 Å². The summed E-state index contributed by atoms with van der Waals surface area (Å²) in [5.74, 6) is 3.50. The highest BCUT2D eigenvalue weighted by Crippen LogP contribution is 2.39. The van der Waals surface area contributed by atoms with E-state index in [1.54, 1.807) is 6.20 Å². The van der Waals surface area contributed by atoms with Crippen molar-refractivity contribution in [2.45, 2.75) is 103 Å². The van der Waals surface area contributed by atoms with E-state index in [2.05, 4.69) is 82.5 Å². The van der Waals surface area contributed by atoms with Gasteiger partial charge in [0.1, 0.15) is 18.8 Å². The van der Waals surface area contributed by atoms with Crippen LogP contribution in [0.1, 0.15) is 106 Å². The largest absolute Gasteiger partial charge is 0.484 e. The molecule has 8 rings (SSSR count). The lowest BCUT2D eigenvalue weighted by atomic mass is 9.81. The first-order valence-electron chi connectivity index (χ1n) is 22.3. The SMILES string of the molecule is CC(C)(CCC(C)(C)c1ccc2c(n1)O[C@@H](c1ccc(CN3CCC(CN)CC3)cc1)CO2)OC(=O)NCC1CCN(Cc2ccc([C@H]3COc4cccnc4O3)cc2)CC1. The van der Waals surface area contributed by atoms with Gasteiger partial charge in [-0.1, -0.05) is 62.4 Å². The number of rotatable bonds is 14. The van der Waals surface area contributed by atoms with E-state index in [9.17, 15) is 4.79 Å². The Bertz CT molecular complexity index is 2060. The lowest BCUT2D eigenvalue weighted by Gasteiger charge is -2.33. The summed E-state index contributed by atoms with van der Waals surface area (Å²) < 4.78 is 30.5. The molecule has 4 aliphatic rings. The molecule has 6 heterocycles. The van der Waals surface area contributed by atoms with Crippen LogP contribution in [0.15, 0.2) is 79.0 Å². The Morgan fingerprint density at radius 1 is 0.738 bits per heavy atom. The van der Waals surface area contributed by atoms with Crippen molar-refractivity contribution in [2.75, 3.05) is 52.5 Å². The molecule has 2 saturated heterocycles. The van der Waals surface area contributed by atoms with E-state index >= 15 is 0 Å². The monoisotopic (exact) mass is 832 g/mol. The number of carbonyl (C=O) groups is 1. The smallest absolute Gasteiger partial charge is 0.407 e. The lowest BCUT2D eigenvalue weighted by molar-refractivity contribution is 0.0261. The second-order valence-corrected chi connectivity index (χ2v) is 18.7. The highest BCUT2D eigenvalue weighted by atomic mass is 16.6. The van der Waals surface area contributed by atoms with Gasteiger partial charge in [-0.3, -0.25) is 9.80 Å². The molecular formula is C49H64N6O6. The summed E-state index contributed by atoms with van der Waals surface area (Å²) in [6.45, 7) is 16.7. The molecule has 12 heteroatoms. The number of alkyl carbamates (subject to hydrolysis) is 1. The first kappa shape index (κ1) is 42.8. The number of carbonyl (C=O) groups excluding carboxylic acids is 1. The van der Waals surface area contributed by atoms with Gasteiger partial charge in [-0.15, -0.1) is 0 Å². The number of hydrogen-bond acceptors (Lipinski definition) is 11. The topological polar surface area (TPSA) is 134 Å². The summed E-state index contributed by atoms with van der Waals surface area (Å²) in [5, 5.41) is 3.07. The van der Waals surface area contributed by atoms with Crippen molar-refractivity contribution in [1.29, 1.82) is 0 Å². The summed E-state index contributed by atoms with van der Waals surface area (Å²) in [6.07, 6.45) is 6.82. The number of nitrogens with zero attached hydrogens (tertiary/aromatic N) is 4. The maximum Gasteiger partial charge on any atom is 0.407 e. The van der Waals surface area contributed by atoms with Crippen LogP contribution in [-0.2, 0) is 23.2 Å². The minimum absolute atomic E-state index is 0.169. The number of nitrogens with two attached hydrogens (primary N) is 1. The molecule has 61 heavy (non-hydrogen) atoms. The van der Waals surface area contributed by atoms with Crippen LogP contribution < -0.4 is 30.0 Å². The maximum atomic E-state index is 13.0. The van der Waals surface area contributed by atoms with Crippen LogP contribution in [0.3, 0.4) is 0 Å². The maximum absolute atomic E-state index is 13.0. The van der Waals surface area contributed by atoms with E-state index in [0.29, 0.717) is 61.3 Å². The number of aromatic nitrogens is 2. The van der Waals surface area contributed by atoms with Gasteiger partial charge in [-0.05, 0) is 143 Å². The van der Waals surface area contributed by atoms with Gasteiger partial charge in [0.05, 0.1) is 5.69 Å². The number of nitrogens with one attached hydrogen (secondary N) is 1. The van der Waals surface area contributed by atoms with Crippen molar-refractivity contribution in [2.24, 2.45) is 17.6 Å². The Balaban J connectivity index is 0.745. The van der Waals surface area contributed by atoms with Crippen LogP contribution in [0.2, 0.25) is 0 Å². The summed E-state index contributed by atoms with van der Waals surface area (Å²) in [6, 6.07) is 25.0. The molecule has 4 aromatic rings. The normalized spacial score (nSPS) is 20.3. The standard InChI is InChI=1S/C49H64N6O6/c1-48(2,44-16-15-41-46(53-44)60-43(33-58-41)39-13-9-36(10-14-39)30-54-24-17-34(28-50)18-25-54)21-22-49(3,4)61-47(56)52-29-35-19-26-55(27-20-35)31-37-7-11-38(12-8-37)42-32-57-40-6-5-23-51-45(40)59-42/h5-16,23,34-35,42-43H,17-22,24-33,50H2,1-4H3,(H,52,56)/t42-,43-/m1/s1. The molecule has 0 unspecified atom stereocenters. The van der Waals surface area contributed by atoms with Crippen molar-refractivity contribution in [3.63, 3.8) is 0 Å². The van der Waals surface area contributed by atoms with E-state index in [4.69, 9.17) is 34.4 Å². The summed E-state index contributed by atoms with van der Waals surface area (Å²) in [7, 11) is 0. The number of hydrogen-bond donors (Lipinski definition) is 2. The Kier molecular flexibility index (Phi) is 13.3. The number of likely N-dealkylation sites (tertiary alicyclic amines) is 2. The fraction of sp³-hybridized carbons (Fsp3) is 0.531. The van der Waals surface area contributed by atoms with E-state index in [0.717, 1.165) is 81.9 Å². The highest BCUT2D eigenvalue weighted by Gasteiger charge is 2.32. The van der Waals surface area contributed by atoms with Crippen LogP contribution in [0.5, 0.6) is 23.3 Å². The zero-order chi connectivity index (χ0) is 42.4. The van der Waals surface area contributed by atoms with E-state index in [-0.39, 0.29) is 23.7 Å². The Labute approximate surface area is 361 Å². The molecule has 326 valence electrons. The van der Waals surface area contributed by atoms with Gasteiger partial charge in [0.15, 0.2) is 23.7 Å². The molecular weight excluding hydrogens is 769 g/mol. The predicted octanol–water partition coefficient (Wildman–Crippen LogP) is 8.15. The molecule has 12 nitrogen and oxygen atoms in total. The second-order valence-electron chi connectivity index (χ2n) is 18.7. The molecule has 0 saturated carbocycles. The average Bonchev–Trinajstić information content (AvgIpc) is 3.28. The molecule has 2 atom stereocenters. The summed E-state index contributed by atoms with van der Waals surface area (Å²) in [4.78, 5) is 27.3. The molecule has 0 spiro atoms. The molecule has 2 aromatic carbocycles.